The lowest BCUT2D eigenvalue weighted by Crippen LogP contribution is -2.28. The van der Waals surface area contributed by atoms with Gasteiger partial charge in [0.1, 0.15) is 0 Å². The zero-order valence-corrected chi connectivity index (χ0v) is 13.5. The van der Waals surface area contributed by atoms with Gasteiger partial charge in [-0.05, 0) is 38.0 Å². The first-order valence-electron chi connectivity index (χ1n) is 7.71. The maximum absolute atomic E-state index is 12.0. The van der Waals surface area contributed by atoms with Gasteiger partial charge in [0, 0.05) is 18.7 Å². The molecule has 2 aromatic carbocycles. The number of amides is 1. The Morgan fingerprint density at radius 3 is 2.50 bits per heavy atom. The Bertz CT molecular complexity index is 623. The molecular formula is C19H24N2O. The molecule has 0 heterocycles. The van der Waals surface area contributed by atoms with Crippen molar-refractivity contribution in [2.24, 2.45) is 0 Å². The van der Waals surface area contributed by atoms with E-state index >= 15 is 0 Å². The van der Waals surface area contributed by atoms with Crippen molar-refractivity contribution in [3.05, 3.63) is 65.2 Å². The number of nitrogens with one attached hydrogen (secondary N) is 2. The van der Waals surface area contributed by atoms with Crippen molar-refractivity contribution in [2.45, 2.75) is 33.2 Å². The molecule has 2 N–H and O–H groups in total. The summed E-state index contributed by atoms with van der Waals surface area (Å²) in [5.41, 5.74) is 4.67. The van der Waals surface area contributed by atoms with Crippen molar-refractivity contribution in [3.8, 4) is 0 Å². The molecule has 1 unspecified atom stereocenters. The fourth-order valence-corrected chi connectivity index (χ4v) is 2.46. The van der Waals surface area contributed by atoms with Crippen LogP contribution in [0.2, 0.25) is 0 Å². The highest BCUT2D eigenvalue weighted by Gasteiger charge is 2.08. The molecule has 0 aliphatic carbocycles. The minimum absolute atomic E-state index is 0.0369. The van der Waals surface area contributed by atoms with Gasteiger partial charge >= 0.3 is 0 Å². The maximum atomic E-state index is 12.0. The highest BCUT2D eigenvalue weighted by Crippen LogP contribution is 2.16. The van der Waals surface area contributed by atoms with E-state index in [1.165, 1.54) is 11.1 Å². The van der Waals surface area contributed by atoms with Crippen LogP contribution in [0.25, 0.3) is 0 Å². The number of rotatable bonds is 6. The highest BCUT2D eigenvalue weighted by molar-refractivity contribution is 5.77. The molecule has 0 bridgehead atoms. The summed E-state index contributed by atoms with van der Waals surface area (Å²) in [6.45, 7) is 6.80. The molecule has 1 amide bonds. The summed E-state index contributed by atoms with van der Waals surface area (Å²) in [4.78, 5) is 12.0. The van der Waals surface area contributed by atoms with Gasteiger partial charge in [0.15, 0.2) is 0 Å². The van der Waals surface area contributed by atoms with E-state index in [2.05, 4.69) is 42.7 Å². The van der Waals surface area contributed by atoms with Crippen LogP contribution in [0, 0.1) is 13.8 Å². The standard InChI is InChI=1S/C19H24N2O/c1-14-9-10-18(15(2)13-14)20-12-11-19(22)21-16(3)17-7-5-4-6-8-17/h4-10,13,16,20H,11-12H2,1-3H3,(H,21,22). The van der Waals surface area contributed by atoms with Crippen LogP contribution >= 0.6 is 0 Å². The molecule has 3 heteroatoms. The molecule has 3 nitrogen and oxygen atoms in total. The first-order valence-corrected chi connectivity index (χ1v) is 7.71. The summed E-state index contributed by atoms with van der Waals surface area (Å²) in [5.74, 6) is 0.0635. The fourth-order valence-electron chi connectivity index (χ4n) is 2.46. The van der Waals surface area contributed by atoms with Gasteiger partial charge in [-0.1, -0.05) is 48.0 Å². The summed E-state index contributed by atoms with van der Waals surface area (Å²) >= 11 is 0. The van der Waals surface area contributed by atoms with Gasteiger partial charge in [-0.25, -0.2) is 0 Å². The van der Waals surface area contributed by atoms with E-state index in [4.69, 9.17) is 0 Å². The third kappa shape index (κ3) is 4.62. The molecule has 0 radical (unpaired) electrons. The zero-order chi connectivity index (χ0) is 15.9. The first-order chi connectivity index (χ1) is 10.6. The predicted molar refractivity (Wildman–Crippen MR) is 92.0 cm³/mol. The van der Waals surface area contributed by atoms with E-state index in [0.29, 0.717) is 13.0 Å². The van der Waals surface area contributed by atoms with Gasteiger partial charge in [0.25, 0.3) is 0 Å². The monoisotopic (exact) mass is 296 g/mol. The Kier molecular flexibility index (Phi) is 5.59. The van der Waals surface area contributed by atoms with E-state index in [1.807, 2.05) is 37.3 Å². The van der Waals surface area contributed by atoms with Gasteiger partial charge in [0.2, 0.25) is 5.91 Å². The van der Waals surface area contributed by atoms with Gasteiger partial charge < -0.3 is 10.6 Å². The summed E-state index contributed by atoms with van der Waals surface area (Å²) in [6.07, 6.45) is 0.463. The lowest BCUT2D eigenvalue weighted by molar-refractivity contribution is -0.121. The largest absolute Gasteiger partial charge is 0.384 e. The van der Waals surface area contributed by atoms with Crippen LogP contribution in [0.4, 0.5) is 5.69 Å². The Hall–Kier alpha value is -2.29. The average molecular weight is 296 g/mol. The number of carbonyl (C=O) groups is 1. The van der Waals surface area contributed by atoms with Crippen molar-refractivity contribution in [1.29, 1.82) is 0 Å². The van der Waals surface area contributed by atoms with Crippen LogP contribution in [0.15, 0.2) is 48.5 Å². The molecule has 2 rings (SSSR count). The molecule has 0 spiro atoms. The van der Waals surface area contributed by atoms with Crippen molar-refractivity contribution in [2.75, 3.05) is 11.9 Å². The normalized spacial score (nSPS) is 11.8. The van der Waals surface area contributed by atoms with E-state index in [1.54, 1.807) is 0 Å². The summed E-state index contributed by atoms with van der Waals surface area (Å²) in [6, 6.07) is 16.3. The highest BCUT2D eigenvalue weighted by atomic mass is 16.1. The second-order valence-electron chi connectivity index (χ2n) is 5.70. The summed E-state index contributed by atoms with van der Waals surface area (Å²) < 4.78 is 0. The van der Waals surface area contributed by atoms with Crippen molar-refractivity contribution < 1.29 is 4.79 Å². The molecule has 1 atom stereocenters. The number of carbonyl (C=O) groups excluding carboxylic acids is 1. The molecule has 0 saturated heterocycles. The molecule has 0 aliphatic heterocycles. The van der Waals surface area contributed by atoms with Crippen molar-refractivity contribution in [1.82, 2.24) is 5.32 Å². The van der Waals surface area contributed by atoms with E-state index in [9.17, 15) is 4.79 Å². The van der Waals surface area contributed by atoms with Crippen LogP contribution in [0.5, 0.6) is 0 Å². The maximum Gasteiger partial charge on any atom is 0.222 e. The molecular weight excluding hydrogens is 272 g/mol. The first kappa shape index (κ1) is 16.1. The van der Waals surface area contributed by atoms with Crippen LogP contribution < -0.4 is 10.6 Å². The number of aryl methyl sites for hydroxylation is 2. The topological polar surface area (TPSA) is 41.1 Å². The van der Waals surface area contributed by atoms with Gasteiger partial charge in [-0.2, -0.15) is 0 Å². The number of anilines is 1. The summed E-state index contributed by atoms with van der Waals surface area (Å²) in [5, 5.41) is 6.35. The average Bonchev–Trinajstić information content (AvgIpc) is 2.50. The predicted octanol–water partition coefficient (Wildman–Crippen LogP) is 3.98. The van der Waals surface area contributed by atoms with Crippen molar-refractivity contribution in [3.63, 3.8) is 0 Å². The summed E-state index contributed by atoms with van der Waals surface area (Å²) in [7, 11) is 0. The second kappa shape index (κ2) is 7.64. The van der Waals surface area contributed by atoms with Gasteiger partial charge in [-0.3, -0.25) is 4.79 Å². The fraction of sp³-hybridized carbons (Fsp3) is 0.316. The second-order valence-corrected chi connectivity index (χ2v) is 5.70. The zero-order valence-electron chi connectivity index (χ0n) is 13.5. The minimum atomic E-state index is 0.0369. The molecule has 0 aliphatic rings. The van der Waals surface area contributed by atoms with E-state index < -0.39 is 0 Å². The van der Waals surface area contributed by atoms with Crippen LogP contribution in [-0.2, 0) is 4.79 Å². The third-order valence-electron chi connectivity index (χ3n) is 3.73. The SMILES string of the molecule is Cc1ccc(NCCC(=O)NC(C)c2ccccc2)c(C)c1. The quantitative estimate of drug-likeness (QED) is 0.846. The molecule has 0 fully saturated rings. The molecule has 22 heavy (non-hydrogen) atoms. The number of benzene rings is 2. The van der Waals surface area contributed by atoms with Crippen molar-refractivity contribution >= 4 is 11.6 Å². The minimum Gasteiger partial charge on any atom is -0.384 e. The molecule has 2 aromatic rings. The lowest BCUT2D eigenvalue weighted by Gasteiger charge is -2.15. The Balaban J connectivity index is 1.78. The van der Waals surface area contributed by atoms with E-state index in [0.717, 1.165) is 11.3 Å². The lowest BCUT2D eigenvalue weighted by atomic mass is 10.1. The Morgan fingerprint density at radius 1 is 1.09 bits per heavy atom. The molecule has 116 valence electrons. The van der Waals surface area contributed by atoms with Gasteiger partial charge in [-0.15, -0.1) is 0 Å². The van der Waals surface area contributed by atoms with E-state index in [-0.39, 0.29) is 11.9 Å². The smallest absolute Gasteiger partial charge is 0.222 e. The third-order valence-corrected chi connectivity index (χ3v) is 3.73. The Labute approximate surface area is 132 Å². The van der Waals surface area contributed by atoms with Crippen LogP contribution in [-0.4, -0.2) is 12.5 Å². The van der Waals surface area contributed by atoms with Crippen LogP contribution in [0.1, 0.15) is 36.1 Å². The number of hydrogen-bond acceptors (Lipinski definition) is 2. The van der Waals surface area contributed by atoms with Gasteiger partial charge in [0.05, 0.1) is 6.04 Å². The molecule has 0 aromatic heterocycles. The number of hydrogen-bond donors (Lipinski definition) is 2. The Morgan fingerprint density at radius 2 is 1.82 bits per heavy atom. The molecule has 0 saturated carbocycles. The van der Waals surface area contributed by atoms with Crippen LogP contribution in [0.3, 0.4) is 0 Å².